The van der Waals surface area contributed by atoms with Crippen LogP contribution in [0.3, 0.4) is 0 Å². The topological polar surface area (TPSA) is 49.3 Å². The van der Waals surface area contributed by atoms with Crippen molar-refractivity contribution in [3.8, 4) is 0 Å². The summed E-state index contributed by atoms with van der Waals surface area (Å²) in [6.45, 7) is 2.26. The molecular formula is C13H19NO2. The van der Waals surface area contributed by atoms with Crippen molar-refractivity contribution < 1.29 is 9.90 Å². The summed E-state index contributed by atoms with van der Waals surface area (Å²) in [4.78, 5) is 9.00. The van der Waals surface area contributed by atoms with E-state index in [0.717, 1.165) is 6.92 Å². The van der Waals surface area contributed by atoms with Crippen LogP contribution in [0.15, 0.2) is 30.3 Å². The van der Waals surface area contributed by atoms with Crippen LogP contribution in [0.25, 0.3) is 0 Å². The summed E-state index contributed by atoms with van der Waals surface area (Å²) in [5.74, 6) is -0.833. The van der Waals surface area contributed by atoms with Gasteiger partial charge >= 0.3 is 0 Å². The van der Waals surface area contributed by atoms with Crippen LogP contribution >= 0.6 is 0 Å². The van der Waals surface area contributed by atoms with Crippen molar-refractivity contribution in [2.75, 3.05) is 6.54 Å². The quantitative estimate of drug-likeness (QED) is 0.766. The number of nitrogens with one attached hydrogen (secondary N) is 1. The average Bonchev–Trinajstić information content (AvgIpc) is 2.31. The Kier molecular flexibility index (Phi) is 5.57. The molecule has 0 spiro atoms. The fourth-order valence-corrected chi connectivity index (χ4v) is 1.82. The number of hydrogen-bond acceptors (Lipinski definition) is 2. The number of benzene rings is 1. The summed E-state index contributed by atoms with van der Waals surface area (Å²) >= 11 is 0. The molecule has 2 N–H and O–H groups in total. The second-order valence-electron chi connectivity index (χ2n) is 3.93. The highest BCUT2D eigenvalue weighted by atomic mass is 16.4. The number of rotatable bonds is 1. The van der Waals surface area contributed by atoms with Gasteiger partial charge in [0.25, 0.3) is 5.97 Å². The van der Waals surface area contributed by atoms with E-state index in [1.54, 1.807) is 0 Å². The highest BCUT2D eigenvalue weighted by Gasteiger charge is 2.13. The van der Waals surface area contributed by atoms with Crippen LogP contribution in [-0.2, 0) is 4.79 Å². The molecule has 1 aliphatic heterocycles. The lowest BCUT2D eigenvalue weighted by Crippen LogP contribution is -2.26. The summed E-state index contributed by atoms with van der Waals surface area (Å²) in [6, 6.07) is 11.3. The van der Waals surface area contributed by atoms with Gasteiger partial charge in [0.2, 0.25) is 0 Å². The van der Waals surface area contributed by atoms with Crippen molar-refractivity contribution in [2.24, 2.45) is 0 Å². The molecule has 1 heterocycles. The molecule has 3 nitrogen and oxygen atoms in total. The number of piperidine rings is 1. The monoisotopic (exact) mass is 221 g/mol. The van der Waals surface area contributed by atoms with Crippen LogP contribution in [0.2, 0.25) is 0 Å². The van der Waals surface area contributed by atoms with Crippen LogP contribution in [-0.4, -0.2) is 17.6 Å². The van der Waals surface area contributed by atoms with Gasteiger partial charge in [-0.3, -0.25) is 4.79 Å². The minimum Gasteiger partial charge on any atom is -0.481 e. The molecule has 1 aliphatic rings. The first-order valence-corrected chi connectivity index (χ1v) is 5.68. The third-order valence-corrected chi connectivity index (χ3v) is 2.51. The van der Waals surface area contributed by atoms with Crippen LogP contribution in [0.1, 0.15) is 37.8 Å². The fourth-order valence-electron chi connectivity index (χ4n) is 1.82. The van der Waals surface area contributed by atoms with Gasteiger partial charge in [0.05, 0.1) is 0 Å². The van der Waals surface area contributed by atoms with Crippen molar-refractivity contribution in [2.45, 2.75) is 32.2 Å². The first kappa shape index (κ1) is 12.7. The Morgan fingerprint density at radius 1 is 1.31 bits per heavy atom. The number of carbonyl (C=O) groups is 1. The number of aliphatic carboxylic acids is 1. The minimum absolute atomic E-state index is 0.611. The zero-order chi connectivity index (χ0) is 11.8. The number of carboxylic acid groups (broad SMARTS) is 1. The Bertz CT molecular complexity index is 301. The van der Waals surface area contributed by atoms with E-state index in [-0.39, 0.29) is 0 Å². The molecule has 0 amide bonds. The van der Waals surface area contributed by atoms with Crippen molar-refractivity contribution in [1.29, 1.82) is 0 Å². The van der Waals surface area contributed by atoms with E-state index in [4.69, 9.17) is 9.90 Å². The van der Waals surface area contributed by atoms with Gasteiger partial charge < -0.3 is 10.4 Å². The third-order valence-electron chi connectivity index (χ3n) is 2.51. The largest absolute Gasteiger partial charge is 0.481 e. The molecule has 1 unspecified atom stereocenters. The molecule has 1 saturated heterocycles. The Morgan fingerprint density at radius 3 is 2.44 bits per heavy atom. The third kappa shape index (κ3) is 4.94. The van der Waals surface area contributed by atoms with Crippen LogP contribution in [0.4, 0.5) is 0 Å². The van der Waals surface area contributed by atoms with E-state index >= 15 is 0 Å². The fraction of sp³-hybridized carbons (Fsp3) is 0.462. The van der Waals surface area contributed by atoms with E-state index in [0.29, 0.717) is 6.04 Å². The van der Waals surface area contributed by atoms with Gasteiger partial charge in [-0.05, 0) is 24.9 Å². The summed E-state index contributed by atoms with van der Waals surface area (Å²) in [5.41, 5.74) is 1.44. The molecule has 1 aromatic carbocycles. The molecular weight excluding hydrogens is 202 g/mol. The van der Waals surface area contributed by atoms with Gasteiger partial charge in [-0.25, -0.2) is 0 Å². The van der Waals surface area contributed by atoms with E-state index in [1.165, 1.54) is 31.4 Å². The van der Waals surface area contributed by atoms with Crippen molar-refractivity contribution in [1.82, 2.24) is 5.32 Å². The van der Waals surface area contributed by atoms with Crippen molar-refractivity contribution in [3.05, 3.63) is 35.9 Å². The maximum absolute atomic E-state index is 9.00. The van der Waals surface area contributed by atoms with Crippen LogP contribution < -0.4 is 5.32 Å². The maximum atomic E-state index is 9.00. The second-order valence-corrected chi connectivity index (χ2v) is 3.93. The van der Waals surface area contributed by atoms with Crippen molar-refractivity contribution >= 4 is 5.97 Å². The van der Waals surface area contributed by atoms with Crippen LogP contribution in [0.5, 0.6) is 0 Å². The predicted octanol–water partition coefficient (Wildman–Crippen LogP) is 2.59. The average molecular weight is 221 g/mol. The summed E-state index contributed by atoms with van der Waals surface area (Å²) in [6.07, 6.45) is 4.00. The van der Waals surface area contributed by atoms with Gasteiger partial charge in [0, 0.05) is 13.0 Å². The molecule has 1 aromatic rings. The lowest BCUT2D eigenvalue weighted by atomic mass is 9.98. The molecule has 0 aromatic heterocycles. The standard InChI is InChI=1S/C11H15N.C2H4O2/c1-2-6-10(7-3-1)11-8-4-5-9-12-11;1-2(3)4/h1-3,6-7,11-12H,4-5,8-9H2;1H3,(H,3,4). The van der Waals surface area contributed by atoms with E-state index < -0.39 is 5.97 Å². The van der Waals surface area contributed by atoms with Gasteiger partial charge in [-0.15, -0.1) is 0 Å². The van der Waals surface area contributed by atoms with Gasteiger partial charge in [-0.2, -0.15) is 0 Å². The second kappa shape index (κ2) is 7.01. The zero-order valence-corrected chi connectivity index (χ0v) is 9.65. The first-order chi connectivity index (χ1) is 7.70. The molecule has 88 valence electrons. The molecule has 16 heavy (non-hydrogen) atoms. The Morgan fingerprint density at radius 2 is 1.94 bits per heavy atom. The zero-order valence-electron chi connectivity index (χ0n) is 9.65. The van der Waals surface area contributed by atoms with Gasteiger partial charge in [-0.1, -0.05) is 36.8 Å². The van der Waals surface area contributed by atoms with E-state index in [2.05, 4.69) is 35.6 Å². The van der Waals surface area contributed by atoms with Crippen LogP contribution in [0, 0.1) is 0 Å². The number of carboxylic acids is 1. The van der Waals surface area contributed by atoms with Gasteiger partial charge in [0.15, 0.2) is 0 Å². The molecule has 2 rings (SSSR count). The highest BCUT2D eigenvalue weighted by molar-refractivity contribution is 5.62. The lowest BCUT2D eigenvalue weighted by Gasteiger charge is -2.23. The highest BCUT2D eigenvalue weighted by Crippen LogP contribution is 2.21. The smallest absolute Gasteiger partial charge is 0.300 e. The molecule has 0 aliphatic carbocycles. The van der Waals surface area contributed by atoms with Gasteiger partial charge in [0.1, 0.15) is 0 Å². The van der Waals surface area contributed by atoms with E-state index in [9.17, 15) is 0 Å². The van der Waals surface area contributed by atoms with Crippen molar-refractivity contribution in [3.63, 3.8) is 0 Å². The van der Waals surface area contributed by atoms with E-state index in [1.807, 2.05) is 0 Å². The Balaban J connectivity index is 0.000000280. The molecule has 1 fully saturated rings. The SMILES string of the molecule is CC(=O)O.c1ccc(C2CCCCN2)cc1. The summed E-state index contributed by atoms with van der Waals surface area (Å²) < 4.78 is 0. The predicted molar refractivity (Wildman–Crippen MR) is 64.3 cm³/mol. The first-order valence-electron chi connectivity index (χ1n) is 5.68. The normalized spacial score (nSPS) is 19.4. The number of hydrogen-bond donors (Lipinski definition) is 2. The maximum Gasteiger partial charge on any atom is 0.300 e. The Labute approximate surface area is 96.5 Å². The molecule has 3 heteroatoms. The molecule has 1 atom stereocenters. The molecule has 0 saturated carbocycles. The Hall–Kier alpha value is -1.35. The summed E-state index contributed by atoms with van der Waals surface area (Å²) in [7, 11) is 0. The molecule has 0 radical (unpaired) electrons. The minimum atomic E-state index is -0.833. The lowest BCUT2D eigenvalue weighted by molar-refractivity contribution is -0.134. The molecule has 0 bridgehead atoms. The summed E-state index contributed by atoms with van der Waals surface area (Å²) in [5, 5.41) is 11.0.